The summed E-state index contributed by atoms with van der Waals surface area (Å²) in [6.07, 6.45) is 11.4. The fourth-order valence-electron chi connectivity index (χ4n) is 3.22. The van der Waals surface area contributed by atoms with E-state index in [2.05, 4.69) is 25.2 Å². The van der Waals surface area contributed by atoms with Crippen molar-refractivity contribution in [1.82, 2.24) is 5.32 Å². The van der Waals surface area contributed by atoms with Gasteiger partial charge in [0.05, 0.1) is 12.3 Å². The third kappa shape index (κ3) is 3.88. The highest BCUT2D eigenvalue weighted by atomic mass is 16.3. The van der Waals surface area contributed by atoms with Crippen LogP contribution < -0.4 is 5.32 Å². The van der Waals surface area contributed by atoms with Crippen LogP contribution in [0.1, 0.15) is 70.6 Å². The van der Waals surface area contributed by atoms with E-state index >= 15 is 0 Å². The average molecular weight is 249 g/mol. The minimum atomic E-state index is 0.340. The van der Waals surface area contributed by atoms with Gasteiger partial charge in [0, 0.05) is 6.04 Å². The first kappa shape index (κ1) is 13.7. The molecule has 2 unspecified atom stereocenters. The number of rotatable bonds is 5. The van der Waals surface area contributed by atoms with E-state index in [1.165, 1.54) is 44.9 Å². The Morgan fingerprint density at radius 2 is 2.22 bits per heavy atom. The van der Waals surface area contributed by atoms with Crippen molar-refractivity contribution in [3.05, 3.63) is 24.2 Å². The first-order valence-electron chi connectivity index (χ1n) is 7.59. The molecule has 2 heteroatoms. The SMILES string of the molecule is CCCC1CCCC(N[C@H](C)c2ccco2)CC1. The normalized spacial score (nSPS) is 26.8. The molecule has 1 heterocycles. The number of hydrogen-bond donors (Lipinski definition) is 1. The van der Waals surface area contributed by atoms with Gasteiger partial charge in [-0.2, -0.15) is 0 Å². The highest BCUT2D eigenvalue weighted by Crippen LogP contribution is 2.28. The highest BCUT2D eigenvalue weighted by Gasteiger charge is 2.20. The standard InChI is InChI=1S/C16H27NO/c1-3-6-14-7-4-8-15(11-10-14)17-13(2)16-9-5-12-18-16/h5,9,12-15,17H,3-4,6-8,10-11H2,1-2H3/t13-,14?,15?/m1/s1. The lowest BCUT2D eigenvalue weighted by Crippen LogP contribution is -2.30. The molecule has 0 aliphatic heterocycles. The second-order valence-electron chi connectivity index (χ2n) is 5.76. The lowest BCUT2D eigenvalue weighted by Gasteiger charge is -2.21. The van der Waals surface area contributed by atoms with Crippen molar-refractivity contribution in [2.45, 2.75) is 70.9 Å². The molecule has 0 spiro atoms. The predicted octanol–water partition coefficient (Wildman–Crippen LogP) is 4.68. The third-order valence-electron chi connectivity index (χ3n) is 4.24. The monoisotopic (exact) mass is 249 g/mol. The largest absolute Gasteiger partial charge is 0.468 e. The molecule has 0 bridgehead atoms. The van der Waals surface area contributed by atoms with E-state index in [1.54, 1.807) is 6.26 Å². The van der Waals surface area contributed by atoms with Gasteiger partial charge in [0.1, 0.15) is 5.76 Å². The number of nitrogens with one attached hydrogen (secondary N) is 1. The van der Waals surface area contributed by atoms with Crippen LogP contribution in [-0.2, 0) is 0 Å². The Morgan fingerprint density at radius 1 is 1.33 bits per heavy atom. The van der Waals surface area contributed by atoms with Crippen LogP contribution in [0.5, 0.6) is 0 Å². The molecule has 1 aliphatic carbocycles. The zero-order valence-electron chi connectivity index (χ0n) is 11.8. The van der Waals surface area contributed by atoms with Crippen LogP contribution in [-0.4, -0.2) is 6.04 Å². The Hall–Kier alpha value is -0.760. The summed E-state index contributed by atoms with van der Waals surface area (Å²) in [5.41, 5.74) is 0. The quantitative estimate of drug-likeness (QED) is 0.766. The summed E-state index contributed by atoms with van der Waals surface area (Å²) in [5.74, 6) is 2.03. The lowest BCUT2D eigenvalue weighted by molar-refractivity contribution is 0.359. The van der Waals surface area contributed by atoms with Gasteiger partial charge in [-0.05, 0) is 44.2 Å². The second-order valence-corrected chi connectivity index (χ2v) is 5.76. The van der Waals surface area contributed by atoms with E-state index < -0.39 is 0 Å². The molecular weight excluding hydrogens is 222 g/mol. The molecule has 1 fully saturated rings. The summed E-state index contributed by atoms with van der Waals surface area (Å²) in [7, 11) is 0. The lowest BCUT2D eigenvalue weighted by atomic mass is 9.95. The van der Waals surface area contributed by atoms with Crippen LogP contribution in [0.25, 0.3) is 0 Å². The molecule has 1 saturated carbocycles. The minimum Gasteiger partial charge on any atom is -0.468 e. The van der Waals surface area contributed by atoms with E-state index in [0.29, 0.717) is 12.1 Å². The average Bonchev–Trinajstić information content (AvgIpc) is 2.81. The molecule has 0 aromatic carbocycles. The molecule has 2 nitrogen and oxygen atoms in total. The van der Waals surface area contributed by atoms with Crippen LogP contribution in [0.4, 0.5) is 0 Å². The van der Waals surface area contributed by atoms with Crippen molar-refractivity contribution in [1.29, 1.82) is 0 Å². The number of hydrogen-bond acceptors (Lipinski definition) is 2. The molecule has 2 rings (SSSR count). The summed E-state index contributed by atoms with van der Waals surface area (Å²) in [5, 5.41) is 3.73. The molecule has 0 saturated heterocycles. The maximum absolute atomic E-state index is 5.47. The molecule has 0 amide bonds. The summed E-state index contributed by atoms with van der Waals surface area (Å²) >= 11 is 0. The maximum Gasteiger partial charge on any atom is 0.120 e. The Morgan fingerprint density at radius 3 is 2.94 bits per heavy atom. The van der Waals surface area contributed by atoms with Crippen LogP contribution in [0.2, 0.25) is 0 Å². The molecule has 1 aromatic rings. The van der Waals surface area contributed by atoms with E-state index in [-0.39, 0.29) is 0 Å². The summed E-state index contributed by atoms with van der Waals surface area (Å²) in [6, 6.07) is 5.05. The molecule has 3 atom stereocenters. The maximum atomic E-state index is 5.47. The van der Waals surface area contributed by atoms with Crippen molar-refractivity contribution < 1.29 is 4.42 Å². The molecule has 1 aromatic heterocycles. The second kappa shape index (κ2) is 6.98. The van der Waals surface area contributed by atoms with Crippen LogP contribution >= 0.6 is 0 Å². The molecule has 102 valence electrons. The zero-order valence-corrected chi connectivity index (χ0v) is 11.8. The van der Waals surface area contributed by atoms with Gasteiger partial charge in [-0.25, -0.2) is 0 Å². The van der Waals surface area contributed by atoms with Crippen molar-refractivity contribution in [3.63, 3.8) is 0 Å². The van der Waals surface area contributed by atoms with E-state index in [0.717, 1.165) is 11.7 Å². The Bertz CT molecular complexity index is 320. The highest BCUT2D eigenvalue weighted by molar-refractivity contribution is 5.03. The Kier molecular flexibility index (Phi) is 5.30. The molecular formula is C16H27NO. The first-order valence-corrected chi connectivity index (χ1v) is 7.59. The van der Waals surface area contributed by atoms with E-state index in [9.17, 15) is 0 Å². The predicted molar refractivity (Wildman–Crippen MR) is 75.5 cm³/mol. The third-order valence-corrected chi connectivity index (χ3v) is 4.24. The first-order chi connectivity index (χ1) is 8.79. The fraction of sp³-hybridized carbons (Fsp3) is 0.750. The van der Waals surface area contributed by atoms with Gasteiger partial charge in [-0.15, -0.1) is 0 Å². The van der Waals surface area contributed by atoms with Gasteiger partial charge in [0.2, 0.25) is 0 Å². The van der Waals surface area contributed by atoms with Crippen molar-refractivity contribution in [2.75, 3.05) is 0 Å². The zero-order chi connectivity index (χ0) is 12.8. The van der Waals surface area contributed by atoms with Gasteiger partial charge in [0.25, 0.3) is 0 Å². The van der Waals surface area contributed by atoms with Gasteiger partial charge in [-0.1, -0.05) is 32.6 Å². The molecule has 0 radical (unpaired) electrons. The number of furan rings is 1. The molecule has 1 N–H and O–H groups in total. The molecule has 1 aliphatic rings. The van der Waals surface area contributed by atoms with Crippen molar-refractivity contribution >= 4 is 0 Å². The summed E-state index contributed by atoms with van der Waals surface area (Å²) in [4.78, 5) is 0. The van der Waals surface area contributed by atoms with Crippen LogP contribution in [0.3, 0.4) is 0 Å². The van der Waals surface area contributed by atoms with Gasteiger partial charge >= 0.3 is 0 Å². The van der Waals surface area contributed by atoms with Gasteiger partial charge in [-0.3, -0.25) is 0 Å². The van der Waals surface area contributed by atoms with Crippen molar-refractivity contribution in [2.24, 2.45) is 5.92 Å². The topological polar surface area (TPSA) is 25.2 Å². The Labute approximate surface area is 111 Å². The van der Waals surface area contributed by atoms with E-state index in [4.69, 9.17) is 4.42 Å². The summed E-state index contributed by atoms with van der Waals surface area (Å²) in [6.45, 7) is 4.51. The summed E-state index contributed by atoms with van der Waals surface area (Å²) < 4.78 is 5.47. The van der Waals surface area contributed by atoms with E-state index in [1.807, 2.05) is 6.07 Å². The Balaban J connectivity index is 1.79. The fourth-order valence-corrected chi connectivity index (χ4v) is 3.22. The smallest absolute Gasteiger partial charge is 0.120 e. The van der Waals surface area contributed by atoms with Crippen molar-refractivity contribution in [3.8, 4) is 0 Å². The van der Waals surface area contributed by atoms with Crippen LogP contribution in [0, 0.1) is 5.92 Å². The molecule has 18 heavy (non-hydrogen) atoms. The van der Waals surface area contributed by atoms with Crippen LogP contribution in [0.15, 0.2) is 22.8 Å². The minimum absolute atomic E-state index is 0.340. The van der Waals surface area contributed by atoms with Gasteiger partial charge in [0.15, 0.2) is 0 Å². The van der Waals surface area contributed by atoms with Gasteiger partial charge < -0.3 is 9.73 Å².